The zero-order chi connectivity index (χ0) is 12.8. The number of hydrogen-bond acceptors (Lipinski definition) is 2. The van der Waals surface area contributed by atoms with Gasteiger partial charge in [-0.3, -0.25) is 9.78 Å². The number of carbonyl (C=O) groups is 1. The Labute approximate surface area is 111 Å². The van der Waals surface area contributed by atoms with Gasteiger partial charge in [-0.25, -0.2) is 0 Å². The number of pyridine rings is 1. The summed E-state index contributed by atoms with van der Waals surface area (Å²) >= 11 is 6.00. The monoisotopic (exact) mass is 257 g/mol. The molecule has 18 heavy (non-hydrogen) atoms. The van der Waals surface area contributed by atoms with Crippen LogP contribution < -0.4 is 0 Å². The Bertz CT molecular complexity index is 564. The van der Waals surface area contributed by atoms with E-state index >= 15 is 0 Å². The van der Waals surface area contributed by atoms with E-state index < -0.39 is 0 Å². The van der Waals surface area contributed by atoms with E-state index in [9.17, 15) is 4.79 Å². The fourth-order valence-electron chi connectivity index (χ4n) is 1.56. The molecule has 0 bridgehead atoms. The molecule has 0 aliphatic heterocycles. The SMILES string of the molecule is O=C(C=Cc1ccccc1Cl)Cc1cccnc1. The van der Waals surface area contributed by atoms with Gasteiger partial charge in [-0.2, -0.15) is 0 Å². The summed E-state index contributed by atoms with van der Waals surface area (Å²) in [4.78, 5) is 15.7. The molecule has 90 valence electrons. The number of ketones is 1. The predicted molar refractivity (Wildman–Crippen MR) is 73.4 cm³/mol. The first-order valence-corrected chi connectivity index (χ1v) is 5.98. The van der Waals surface area contributed by atoms with Crippen LogP contribution in [0.15, 0.2) is 54.9 Å². The first-order valence-electron chi connectivity index (χ1n) is 5.60. The van der Waals surface area contributed by atoms with E-state index in [2.05, 4.69) is 4.98 Å². The van der Waals surface area contributed by atoms with Crippen LogP contribution in [-0.2, 0) is 11.2 Å². The lowest BCUT2D eigenvalue weighted by Gasteiger charge is -1.97. The fraction of sp³-hybridized carbons (Fsp3) is 0.0667. The molecule has 0 amide bonds. The quantitative estimate of drug-likeness (QED) is 0.784. The Kier molecular flexibility index (Phi) is 4.26. The molecule has 0 aliphatic carbocycles. The molecule has 1 aromatic carbocycles. The second-order valence-corrected chi connectivity index (χ2v) is 4.27. The largest absolute Gasteiger partial charge is 0.294 e. The summed E-state index contributed by atoms with van der Waals surface area (Å²) in [5.41, 5.74) is 1.75. The molecule has 0 saturated heterocycles. The molecule has 2 aromatic rings. The van der Waals surface area contributed by atoms with Crippen molar-refractivity contribution in [3.8, 4) is 0 Å². The van der Waals surface area contributed by atoms with Gasteiger partial charge in [0.05, 0.1) is 0 Å². The van der Waals surface area contributed by atoms with Crippen molar-refractivity contribution in [3.05, 3.63) is 71.0 Å². The number of halogens is 1. The van der Waals surface area contributed by atoms with Crippen LogP contribution in [0.1, 0.15) is 11.1 Å². The fourth-order valence-corrected chi connectivity index (χ4v) is 1.75. The lowest BCUT2D eigenvalue weighted by molar-refractivity contribution is -0.113. The molecule has 0 saturated carbocycles. The standard InChI is InChI=1S/C15H12ClNO/c16-15-6-2-1-5-13(15)7-8-14(18)10-12-4-3-9-17-11-12/h1-9,11H,10H2. The van der Waals surface area contributed by atoms with Gasteiger partial charge in [0.15, 0.2) is 5.78 Å². The van der Waals surface area contributed by atoms with E-state index in [1.807, 2.05) is 30.3 Å². The van der Waals surface area contributed by atoms with Crippen molar-refractivity contribution in [1.29, 1.82) is 0 Å². The van der Waals surface area contributed by atoms with E-state index in [0.29, 0.717) is 11.4 Å². The zero-order valence-electron chi connectivity index (χ0n) is 9.71. The third kappa shape index (κ3) is 3.54. The van der Waals surface area contributed by atoms with Gasteiger partial charge in [0.25, 0.3) is 0 Å². The van der Waals surface area contributed by atoms with Gasteiger partial charge in [0.1, 0.15) is 0 Å². The normalized spacial score (nSPS) is 10.7. The summed E-state index contributed by atoms with van der Waals surface area (Å²) in [7, 11) is 0. The Morgan fingerprint density at radius 3 is 2.78 bits per heavy atom. The van der Waals surface area contributed by atoms with Crippen LogP contribution >= 0.6 is 11.6 Å². The van der Waals surface area contributed by atoms with Crippen LogP contribution in [0.25, 0.3) is 6.08 Å². The summed E-state index contributed by atoms with van der Waals surface area (Å²) in [5.74, 6) is 0.0305. The molecule has 1 heterocycles. The van der Waals surface area contributed by atoms with Crippen LogP contribution in [0.5, 0.6) is 0 Å². The molecule has 0 fully saturated rings. The molecule has 2 rings (SSSR count). The molecule has 3 heteroatoms. The number of allylic oxidation sites excluding steroid dienone is 1. The van der Waals surface area contributed by atoms with Gasteiger partial charge in [-0.1, -0.05) is 35.9 Å². The molecule has 0 aliphatic rings. The second-order valence-electron chi connectivity index (χ2n) is 3.86. The maximum atomic E-state index is 11.7. The lowest BCUT2D eigenvalue weighted by atomic mass is 10.1. The number of nitrogens with zero attached hydrogens (tertiary/aromatic N) is 1. The van der Waals surface area contributed by atoms with E-state index in [1.165, 1.54) is 0 Å². The van der Waals surface area contributed by atoms with Gasteiger partial charge in [-0.05, 0) is 35.4 Å². The van der Waals surface area contributed by atoms with E-state index in [-0.39, 0.29) is 5.78 Å². The number of benzene rings is 1. The van der Waals surface area contributed by atoms with Crippen LogP contribution in [0.3, 0.4) is 0 Å². The van der Waals surface area contributed by atoms with Gasteiger partial charge in [-0.15, -0.1) is 0 Å². The highest BCUT2D eigenvalue weighted by atomic mass is 35.5. The van der Waals surface area contributed by atoms with Crippen molar-refractivity contribution in [3.63, 3.8) is 0 Å². The van der Waals surface area contributed by atoms with Gasteiger partial charge in [0, 0.05) is 23.8 Å². The van der Waals surface area contributed by atoms with Crippen molar-refractivity contribution >= 4 is 23.5 Å². The first-order chi connectivity index (χ1) is 8.75. The molecule has 0 unspecified atom stereocenters. The first kappa shape index (κ1) is 12.5. The van der Waals surface area contributed by atoms with Crippen LogP contribution in [0.4, 0.5) is 0 Å². The van der Waals surface area contributed by atoms with Crippen LogP contribution in [0, 0.1) is 0 Å². The number of aromatic nitrogens is 1. The lowest BCUT2D eigenvalue weighted by Crippen LogP contribution is -1.98. The van der Waals surface area contributed by atoms with Crippen molar-refractivity contribution in [2.45, 2.75) is 6.42 Å². The smallest absolute Gasteiger partial charge is 0.160 e. The summed E-state index contributed by atoms with van der Waals surface area (Å²) < 4.78 is 0. The van der Waals surface area contributed by atoms with Gasteiger partial charge in [0.2, 0.25) is 0 Å². The summed E-state index contributed by atoms with van der Waals surface area (Å²) in [5, 5.41) is 0.642. The number of hydrogen-bond donors (Lipinski definition) is 0. The summed E-state index contributed by atoms with van der Waals surface area (Å²) in [6, 6.07) is 11.1. The average molecular weight is 258 g/mol. The van der Waals surface area contributed by atoms with Gasteiger partial charge < -0.3 is 0 Å². The summed E-state index contributed by atoms with van der Waals surface area (Å²) in [6.07, 6.45) is 7.03. The topological polar surface area (TPSA) is 30.0 Å². The molecular formula is C15H12ClNO. The molecule has 0 N–H and O–H groups in total. The van der Waals surface area contributed by atoms with Crippen LogP contribution in [0.2, 0.25) is 5.02 Å². The molecule has 0 radical (unpaired) electrons. The Balaban J connectivity index is 2.02. The third-order valence-corrected chi connectivity index (χ3v) is 2.80. The minimum atomic E-state index is 0.0305. The van der Waals surface area contributed by atoms with Crippen molar-refractivity contribution in [1.82, 2.24) is 4.98 Å². The highest BCUT2D eigenvalue weighted by Crippen LogP contribution is 2.16. The maximum Gasteiger partial charge on any atom is 0.160 e. The van der Waals surface area contributed by atoms with E-state index in [4.69, 9.17) is 11.6 Å². The number of rotatable bonds is 4. The predicted octanol–water partition coefficient (Wildman–Crippen LogP) is 3.56. The van der Waals surface area contributed by atoms with Crippen molar-refractivity contribution in [2.24, 2.45) is 0 Å². The number of carbonyl (C=O) groups excluding carboxylic acids is 1. The second kappa shape index (κ2) is 6.12. The maximum absolute atomic E-state index is 11.7. The highest BCUT2D eigenvalue weighted by Gasteiger charge is 2.00. The van der Waals surface area contributed by atoms with E-state index in [0.717, 1.165) is 11.1 Å². The molecule has 0 spiro atoms. The van der Waals surface area contributed by atoms with E-state index in [1.54, 1.807) is 30.6 Å². The molecular weight excluding hydrogens is 246 g/mol. The molecule has 0 atom stereocenters. The zero-order valence-corrected chi connectivity index (χ0v) is 10.5. The minimum Gasteiger partial charge on any atom is -0.294 e. The Morgan fingerprint density at radius 1 is 1.22 bits per heavy atom. The molecule has 2 nitrogen and oxygen atoms in total. The summed E-state index contributed by atoms with van der Waals surface area (Å²) in [6.45, 7) is 0. The highest BCUT2D eigenvalue weighted by molar-refractivity contribution is 6.32. The van der Waals surface area contributed by atoms with Crippen LogP contribution in [-0.4, -0.2) is 10.8 Å². The Morgan fingerprint density at radius 2 is 2.06 bits per heavy atom. The Hall–Kier alpha value is -1.93. The van der Waals surface area contributed by atoms with Crippen molar-refractivity contribution in [2.75, 3.05) is 0 Å². The van der Waals surface area contributed by atoms with Gasteiger partial charge >= 0.3 is 0 Å². The van der Waals surface area contributed by atoms with Crippen molar-refractivity contribution < 1.29 is 4.79 Å². The average Bonchev–Trinajstić information content (AvgIpc) is 2.39. The minimum absolute atomic E-state index is 0.0305. The molecule has 1 aromatic heterocycles. The third-order valence-electron chi connectivity index (χ3n) is 2.46.